The van der Waals surface area contributed by atoms with Crippen molar-refractivity contribution < 1.29 is 27.9 Å². The van der Waals surface area contributed by atoms with Gasteiger partial charge in [0.25, 0.3) is 5.91 Å². The summed E-state index contributed by atoms with van der Waals surface area (Å²) in [6.45, 7) is 1.28. The van der Waals surface area contributed by atoms with Crippen molar-refractivity contribution in [1.82, 2.24) is 15.3 Å². The Bertz CT molecular complexity index is 779. The number of aliphatic carboxylic acids is 1. The van der Waals surface area contributed by atoms with Gasteiger partial charge in [-0.05, 0) is 18.6 Å². The minimum atomic E-state index is -4.81. The number of carboxylic acids is 1. The van der Waals surface area contributed by atoms with Crippen molar-refractivity contribution in [1.29, 1.82) is 0 Å². The Kier molecular flexibility index (Phi) is 5.35. The number of halogens is 3. The van der Waals surface area contributed by atoms with Crippen molar-refractivity contribution in [2.45, 2.75) is 25.6 Å². The van der Waals surface area contributed by atoms with Gasteiger partial charge in [-0.15, -0.1) is 0 Å². The molecule has 6 nitrogen and oxygen atoms in total. The van der Waals surface area contributed by atoms with Crippen LogP contribution in [-0.4, -0.2) is 33.0 Å². The lowest BCUT2D eigenvalue weighted by molar-refractivity contribution is -0.145. The van der Waals surface area contributed by atoms with Crippen molar-refractivity contribution >= 4 is 11.9 Å². The van der Waals surface area contributed by atoms with E-state index in [-0.39, 0.29) is 12.1 Å². The SMILES string of the molecule is Cc1cc(C(=O)N[C@@H](Cc2ccccc2)C(=O)O)nc(C(F)(F)F)n1. The van der Waals surface area contributed by atoms with Gasteiger partial charge in [-0.2, -0.15) is 13.2 Å². The number of alkyl halides is 3. The molecule has 1 atom stereocenters. The molecule has 1 heterocycles. The number of hydrogen-bond donors (Lipinski definition) is 2. The molecule has 0 aliphatic carbocycles. The van der Waals surface area contributed by atoms with Gasteiger partial charge < -0.3 is 10.4 Å². The van der Waals surface area contributed by atoms with E-state index in [2.05, 4.69) is 15.3 Å². The molecular formula is C16H14F3N3O3. The molecule has 2 rings (SSSR count). The number of amides is 1. The van der Waals surface area contributed by atoms with Gasteiger partial charge in [0.15, 0.2) is 0 Å². The van der Waals surface area contributed by atoms with Crippen LogP contribution in [0.1, 0.15) is 27.6 Å². The minimum absolute atomic E-state index is 0.0158. The summed E-state index contributed by atoms with van der Waals surface area (Å²) in [4.78, 5) is 29.9. The fourth-order valence-electron chi connectivity index (χ4n) is 2.09. The Hall–Kier alpha value is -2.97. The number of nitrogens with one attached hydrogen (secondary N) is 1. The third-order valence-electron chi connectivity index (χ3n) is 3.23. The number of hydrogen-bond acceptors (Lipinski definition) is 4. The summed E-state index contributed by atoms with van der Waals surface area (Å²) < 4.78 is 38.2. The maximum absolute atomic E-state index is 12.7. The van der Waals surface area contributed by atoms with E-state index in [1.54, 1.807) is 30.3 Å². The summed E-state index contributed by atoms with van der Waals surface area (Å²) in [7, 11) is 0. The topological polar surface area (TPSA) is 92.2 Å². The van der Waals surface area contributed by atoms with Crippen LogP contribution in [0.2, 0.25) is 0 Å². The Morgan fingerprint density at radius 1 is 1.20 bits per heavy atom. The molecule has 2 aromatic rings. The molecule has 0 fully saturated rings. The number of aromatic nitrogens is 2. The van der Waals surface area contributed by atoms with Gasteiger partial charge in [-0.1, -0.05) is 30.3 Å². The molecule has 25 heavy (non-hydrogen) atoms. The Morgan fingerprint density at radius 3 is 2.40 bits per heavy atom. The van der Waals surface area contributed by atoms with Gasteiger partial charge in [0, 0.05) is 12.1 Å². The van der Waals surface area contributed by atoms with Crippen molar-refractivity contribution in [2.24, 2.45) is 0 Å². The van der Waals surface area contributed by atoms with Crippen LogP contribution in [0.5, 0.6) is 0 Å². The van der Waals surface area contributed by atoms with Gasteiger partial charge in [0.1, 0.15) is 11.7 Å². The van der Waals surface area contributed by atoms with Gasteiger partial charge >= 0.3 is 12.1 Å². The Labute approximate surface area is 140 Å². The Balaban J connectivity index is 2.21. The van der Waals surface area contributed by atoms with E-state index < -0.39 is 35.6 Å². The maximum atomic E-state index is 12.7. The molecule has 0 bridgehead atoms. The first-order valence-corrected chi connectivity index (χ1v) is 7.17. The van der Waals surface area contributed by atoms with Gasteiger partial charge in [-0.3, -0.25) is 4.79 Å². The van der Waals surface area contributed by atoms with E-state index in [4.69, 9.17) is 0 Å². The molecule has 0 spiro atoms. The van der Waals surface area contributed by atoms with E-state index >= 15 is 0 Å². The lowest BCUT2D eigenvalue weighted by Gasteiger charge is -2.15. The number of benzene rings is 1. The molecule has 0 saturated heterocycles. The predicted octanol–water partition coefficient (Wildman–Crippen LogP) is 2.23. The number of carbonyl (C=O) groups excluding carboxylic acids is 1. The van der Waals surface area contributed by atoms with Crippen molar-refractivity contribution in [2.75, 3.05) is 0 Å². The molecule has 0 aliphatic rings. The maximum Gasteiger partial charge on any atom is 0.451 e. The molecule has 132 valence electrons. The monoisotopic (exact) mass is 353 g/mol. The Morgan fingerprint density at radius 2 is 1.84 bits per heavy atom. The van der Waals surface area contributed by atoms with Crippen LogP contribution in [0.4, 0.5) is 13.2 Å². The zero-order chi connectivity index (χ0) is 18.6. The molecule has 2 N–H and O–H groups in total. The summed E-state index contributed by atoms with van der Waals surface area (Å²) in [5.41, 5.74) is 0.0617. The number of carbonyl (C=O) groups is 2. The van der Waals surface area contributed by atoms with Gasteiger partial charge in [0.2, 0.25) is 5.82 Å². The number of rotatable bonds is 5. The minimum Gasteiger partial charge on any atom is -0.480 e. The first-order valence-electron chi connectivity index (χ1n) is 7.17. The van der Waals surface area contributed by atoms with Crippen LogP contribution in [0, 0.1) is 6.92 Å². The molecule has 1 amide bonds. The second-order valence-corrected chi connectivity index (χ2v) is 5.27. The lowest BCUT2D eigenvalue weighted by atomic mass is 10.1. The van der Waals surface area contributed by atoms with E-state index in [0.29, 0.717) is 5.56 Å². The van der Waals surface area contributed by atoms with E-state index in [1.807, 2.05) is 0 Å². The quantitative estimate of drug-likeness (QED) is 0.860. The van der Waals surface area contributed by atoms with Crippen molar-refractivity contribution in [3.8, 4) is 0 Å². The molecule has 0 radical (unpaired) electrons. The van der Waals surface area contributed by atoms with Crippen LogP contribution < -0.4 is 5.32 Å². The summed E-state index contributed by atoms with van der Waals surface area (Å²) in [5.74, 6) is -3.77. The predicted molar refractivity (Wildman–Crippen MR) is 80.8 cm³/mol. The summed E-state index contributed by atoms with van der Waals surface area (Å²) in [6, 6.07) is 8.28. The smallest absolute Gasteiger partial charge is 0.451 e. The zero-order valence-corrected chi connectivity index (χ0v) is 13.0. The summed E-state index contributed by atoms with van der Waals surface area (Å²) >= 11 is 0. The number of aryl methyl sites for hydroxylation is 1. The highest BCUT2D eigenvalue weighted by Crippen LogP contribution is 2.26. The fourth-order valence-corrected chi connectivity index (χ4v) is 2.09. The third-order valence-corrected chi connectivity index (χ3v) is 3.23. The third kappa shape index (κ3) is 5.00. The zero-order valence-electron chi connectivity index (χ0n) is 13.0. The molecule has 0 unspecified atom stereocenters. The highest BCUT2D eigenvalue weighted by molar-refractivity contribution is 5.95. The number of nitrogens with zero attached hydrogens (tertiary/aromatic N) is 2. The lowest BCUT2D eigenvalue weighted by Crippen LogP contribution is -2.42. The normalized spacial score (nSPS) is 12.5. The average molecular weight is 353 g/mol. The second kappa shape index (κ2) is 7.29. The molecule has 1 aromatic carbocycles. The van der Waals surface area contributed by atoms with Gasteiger partial charge in [0.05, 0.1) is 0 Å². The highest BCUT2D eigenvalue weighted by Gasteiger charge is 2.36. The largest absolute Gasteiger partial charge is 0.480 e. The first kappa shape index (κ1) is 18.4. The standard InChI is InChI=1S/C16H14F3N3O3/c1-9-7-11(22-15(20-9)16(17,18)19)13(23)21-12(14(24)25)8-10-5-3-2-4-6-10/h2-7,12H,8H2,1H3,(H,21,23)(H,24,25)/t12-/m0/s1. The van der Waals surface area contributed by atoms with Crippen molar-refractivity contribution in [3.63, 3.8) is 0 Å². The molecule has 1 aromatic heterocycles. The fraction of sp³-hybridized carbons (Fsp3) is 0.250. The van der Waals surface area contributed by atoms with Crippen LogP contribution in [0.15, 0.2) is 36.4 Å². The van der Waals surface area contributed by atoms with Crippen LogP contribution in [-0.2, 0) is 17.4 Å². The average Bonchev–Trinajstić information content (AvgIpc) is 2.53. The van der Waals surface area contributed by atoms with E-state index in [9.17, 15) is 27.9 Å². The van der Waals surface area contributed by atoms with E-state index in [0.717, 1.165) is 6.07 Å². The van der Waals surface area contributed by atoms with Gasteiger partial charge in [-0.25, -0.2) is 14.8 Å². The number of carboxylic acid groups (broad SMARTS) is 1. The summed E-state index contributed by atoms with van der Waals surface area (Å²) in [5, 5.41) is 11.4. The van der Waals surface area contributed by atoms with Crippen molar-refractivity contribution in [3.05, 3.63) is 59.2 Å². The second-order valence-electron chi connectivity index (χ2n) is 5.27. The molecule has 9 heteroatoms. The van der Waals surface area contributed by atoms with Crippen LogP contribution in [0.25, 0.3) is 0 Å². The molecule has 0 saturated carbocycles. The van der Waals surface area contributed by atoms with E-state index in [1.165, 1.54) is 6.92 Å². The van der Waals surface area contributed by atoms with Crippen LogP contribution in [0.3, 0.4) is 0 Å². The molecule has 0 aliphatic heterocycles. The first-order chi connectivity index (χ1) is 11.7. The summed E-state index contributed by atoms with van der Waals surface area (Å²) in [6.07, 6.45) is -4.82. The van der Waals surface area contributed by atoms with Crippen LogP contribution >= 0.6 is 0 Å². The molecular weight excluding hydrogens is 339 g/mol. The highest BCUT2D eigenvalue weighted by atomic mass is 19.4.